The Morgan fingerprint density at radius 1 is 1.10 bits per heavy atom. The van der Waals surface area contributed by atoms with Gasteiger partial charge < -0.3 is 15.3 Å². The Morgan fingerprint density at radius 2 is 1.71 bits per heavy atom. The fourth-order valence-corrected chi connectivity index (χ4v) is 4.42. The largest absolute Gasteiger partial charge is 0.384 e. The Kier molecular flexibility index (Phi) is 6.49. The predicted octanol–water partition coefficient (Wildman–Crippen LogP) is 4.38. The van der Waals surface area contributed by atoms with Gasteiger partial charge in [0.1, 0.15) is 0 Å². The molecule has 2 aromatic carbocycles. The van der Waals surface area contributed by atoms with Gasteiger partial charge >= 0.3 is 0 Å². The minimum Gasteiger partial charge on any atom is -0.384 e. The zero-order valence-electron chi connectivity index (χ0n) is 18.6. The number of likely N-dealkylation sites (tertiary alicyclic amines) is 1. The van der Waals surface area contributed by atoms with Crippen LogP contribution in [0, 0.1) is 5.41 Å². The van der Waals surface area contributed by atoms with Crippen LogP contribution in [0.2, 0.25) is 5.02 Å². The summed E-state index contributed by atoms with van der Waals surface area (Å²) in [6, 6.07) is 16.2. The molecule has 5 nitrogen and oxygen atoms in total. The summed E-state index contributed by atoms with van der Waals surface area (Å²) >= 11 is 6.00. The van der Waals surface area contributed by atoms with Crippen LogP contribution in [0.4, 0.5) is 0 Å². The maximum absolute atomic E-state index is 13.1. The first-order valence-electron chi connectivity index (χ1n) is 10.6. The zero-order valence-corrected chi connectivity index (χ0v) is 19.4. The first-order valence-corrected chi connectivity index (χ1v) is 11.0. The number of rotatable bonds is 5. The molecule has 1 saturated heterocycles. The smallest absolute Gasteiger partial charge is 0.251 e. The van der Waals surface area contributed by atoms with Crippen LogP contribution in [0.5, 0.6) is 0 Å². The van der Waals surface area contributed by atoms with Crippen molar-refractivity contribution in [3.63, 3.8) is 0 Å². The second-order valence-electron chi connectivity index (χ2n) is 9.70. The van der Waals surface area contributed by atoms with Gasteiger partial charge in [-0.25, -0.2) is 0 Å². The van der Waals surface area contributed by atoms with E-state index in [-0.39, 0.29) is 18.2 Å². The molecule has 2 aromatic rings. The Morgan fingerprint density at radius 3 is 2.29 bits per heavy atom. The minimum atomic E-state index is -1.05. The lowest BCUT2D eigenvalue weighted by Gasteiger charge is -2.51. The molecule has 0 saturated carbocycles. The van der Waals surface area contributed by atoms with Crippen LogP contribution in [-0.2, 0) is 10.4 Å². The summed E-state index contributed by atoms with van der Waals surface area (Å²) in [6.07, 6.45) is 0.616. The summed E-state index contributed by atoms with van der Waals surface area (Å²) in [4.78, 5) is 27.4. The summed E-state index contributed by atoms with van der Waals surface area (Å²) in [5.41, 5.74) is -0.921. The highest BCUT2D eigenvalue weighted by atomic mass is 35.5. The number of aliphatic hydroxyl groups is 1. The summed E-state index contributed by atoms with van der Waals surface area (Å²) in [5, 5.41) is 15.1. The Labute approximate surface area is 189 Å². The number of piperidine rings is 1. The number of nitrogens with one attached hydrogen (secondary N) is 1. The molecule has 2 amide bonds. The van der Waals surface area contributed by atoms with Crippen molar-refractivity contribution < 1.29 is 14.7 Å². The first kappa shape index (κ1) is 23.3. The maximum atomic E-state index is 13.1. The molecule has 0 spiro atoms. The molecule has 1 atom stereocenters. The van der Waals surface area contributed by atoms with Gasteiger partial charge in [0.15, 0.2) is 0 Å². The van der Waals surface area contributed by atoms with Crippen molar-refractivity contribution in [2.75, 3.05) is 13.1 Å². The number of amides is 2. The molecule has 1 aliphatic heterocycles. The van der Waals surface area contributed by atoms with Crippen LogP contribution in [0.25, 0.3) is 0 Å². The van der Waals surface area contributed by atoms with Gasteiger partial charge in [0.2, 0.25) is 5.91 Å². The number of benzene rings is 2. The van der Waals surface area contributed by atoms with E-state index in [1.165, 1.54) is 0 Å². The highest BCUT2D eigenvalue weighted by Gasteiger charge is 2.49. The summed E-state index contributed by atoms with van der Waals surface area (Å²) in [7, 11) is 0. The van der Waals surface area contributed by atoms with Gasteiger partial charge in [0, 0.05) is 41.1 Å². The molecule has 166 valence electrons. The molecule has 3 rings (SSSR count). The minimum absolute atomic E-state index is 0.0374. The summed E-state index contributed by atoms with van der Waals surface area (Å²) in [6.45, 7) is 8.53. The van der Waals surface area contributed by atoms with Crippen molar-refractivity contribution in [3.8, 4) is 0 Å². The third kappa shape index (κ3) is 5.10. The van der Waals surface area contributed by atoms with Crippen LogP contribution in [0.3, 0.4) is 0 Å². The highest BCUT2D eigenvalue weighted by Crippen LogP contribution is 2.46. The van der Waals surface area contributed by atoms with Gasteiger partial charge in [-0.2, -0.15) is 0 Å². The van der Waals surface area contributed by atoms with E-state index in [1.807, 2.05) is 58.0 Å². The normalized spacial score (nSPS) is 20.9. The second-order valence-corrected chi connectivity index (χ2v) is 10.1. The average molecular weight is 443 g/mol. The molecular formula is C25H31ClN2O3. The number of hydrogen-bond acceptors (Lipinski definition) is 3. The first-order chi connectivity index (χ1) is 14.4. The molecule has 1 fully saturated rings. The Balaban J connectivity index is 1.66. The van der Waals surface area contributed by atoms with Gasteiger partial charge in [-0.1, -0.05) is 55.8 Å². The molecule has 0 radical (unpaired) electrons. The summed E-state index contributed by atoms with van der Waals surface area (Å²) in [5.74, 6) is -0.237. The monoisotopic (exact) mass is 442 g/mol. The van der Waals surface area contributed by atoms with Gasteiger partial charge in [-0.3, -0.25) is 9.59 Å². The van der Waals surface area contributed by atoms with E-state index < -0.39 is 16.6 Å². The van der Waals surface area contributed by atoms with Crippen LogP contribution >= 0.6 is 11.6 Å². The summed E-state index contributed by atoms with van der Waals surface area (Å²) < 4.78 is 0. The number of carbonyl (C=O) groups excluding carboxylic acids is 2. The quantitative estimate of drug-likeness (QED) is 0.721. The third-order valence-electron chi connectivity index (χ3n) is 6.20. The lowest BCUT2D eigenvalue weighted by atomic mass is 9.66. The molecule has 0 aliphatic carbocycles. The van der Waals surface area contributed by atoms with Gasteiger partial charge in [-0.15, -0.1) is 0 Å². The number of carbonyl (C=O) groups is 2. The predicted molar refractivity (Wildman–Crippen MR) is 123 cm³/mol. The topological polar surface area (TPSA) is 69.6 Å². The van der Waals surface area contributed by atoms with Crippen molar-refractivity contribution in [1.82, 2.24) is 10.2 Å². The van der Waals surface area contributed by atoms with Gasteiger partial charge in [-0.05, 0) is 50.1 Å². The second kappa shape index (κ2) is 8.64. The van der Waals surface area contributed by atoms with E-state index in [0.717, 1.165) is 5.56 Å². The Hall–Kier alpha value is -2.37. The number of nitrogens with zero attached hydrogens (tertiary/aromatic N) is 1. The van der Waals surface area contributed by atoms with Crippen LogP contribution in [0.15, 0.2) is 54.6 Å². The fraction of sp³-hybridized carbons (Fsp3) is 0.440. The lowest BCUT2D eigenvalue weighted by Crippen LogP contribution is -2.58. The number of hydrogen-bond donors (Lipinski definition) is 2. The van der Waals surface area contributed by atoms with Crippen molar-refractivity contribution in [3.05, 3.63) is 70.7 Å². The molecule has 0 bridgehead atoms. The molecule has 0 aromatic heterocycles. The van der Waals surface area contributed by atoms with Crippen molar-refractivity contribution in [1.29, 1.82) is 0 Å². The van der Waals surface area contributed by atoms with Crippen LogP contribution in [0.1, 0.15) is 56.5 Å². The van der Waals surface area contributed by atoms with Gasteiger partial charge in [0.05, 0.1) is 5.60 Å². The Bertz CT molecular complexity index is 941. The average Bonchev–Trinajstić information content (AvgIpc) is 2.70. The molecule has 31 heavy (non-hydrogen) atoms. The SMILES string of the molecule is CC(C)(CC(=O)N1CCC(O)(c2ccc(Cl)cc2)C(C)(C)C1)NC(=O)c1ccccc1. The molecule has 6 heteroatoms. The lowest BCUT2D eigenvalue weighted by molar-refractivity contribution is -0.154. The molecule has 1 unspecified atom stereocenters. The van der Waals surface area contributed by atoms with E-state index in [9.17, 15) is 14.7 Å². The van der Waals surface area contributed by atoms with E-state index in [2.05, 4.69) is 5.32 Å². The fourth-order valence-electron chi connectivity index (χ4n) is 4.30. The molecule has 2 N–H and O–H groups in total. The zero-order chi connectivity index (χ0) is 22.9. The van der Waals surface area contributed by atoms with Crippen LogP contribution in [-0.4, -0.2) is 40.4 Å². The maximum Gasteiger partial charge on any atom is 0.251 e. The van der Waals surface area contributed by atoms with Crippen molar-refractivity contribution in [2.45, 2.75) is 51.7 Å². The standard InChI is InChI=1S/C25H31ClN2O3/c1-23(2)17-28(15-14-25(23,31)19-10-12-20(26)13-11-19)21(29)16-24(3,4)27-22(30)18-8-6-5-7-9-18/h5-13,31H,14-17H2,1-4H3,(H,27,30). The van der Waals surface area contributed by atoms with Crippen LogP contribution < -0.4 is 5.32 Å². The molecule has 1 heterocycles. The van der Waals surface area contributed by atoms with Crippen molar-refractivity contribution >= 4 is 23.4 Å². The van der Waals surface area contributed by atoms with E-state index >= 15 is 0 Å². The van der Waals surface area contributed by atoms with E-state index in [1.54, 1.807) is 29.2 Å². The third-order valence-corrected chi connectivity index (χ3v) is 6.46. The molecular weight excluding hydrogens is 412 g/mol. The molecule has 1 aliphatic rings. The van der Waals surface area contributed by atoms with Gasteiger partial charge in [0.25, 0.3) is 5.91 Å². The van der Waals surface area contributed by atoms with Crippen molar-refractivity contribution in [2.24, 2.45) is 5.41 Å². The van der Waals surface area contributed by atoms with E-state index in [0.29, 0.717) is 30.1 Å². The van der Waals surface area contributed by atoms with E-state index in [4.69, 9.17) is 11.6 Å². The number of halogens is 1. The highest BCUT2D eigenvalue weighted by molar-refractivity contribution is 6.30.